The van der Waals surface area contributed by atoms with Crippen molar-refractivity contribution in [3.63, 3.8) is 0 Å². The molecule has 4 heteroatoms. The van der Waals surface area contributed by atoms with E-state index in [1.807, 2.05) is 18.5 Å². The molecule has 1 aromatic rings. The molecule has 18 heavy (non-hydrogen) atoms. The number of nitrogens with zero attached hydrogens (tertiary/aromatic N) is 1. The van der Waals surface area contributed by atoms with Crippen LogP contribution < -0.4 is 5.73 Å². The number of rotatable bonds is 5. The highest BCUT2D eigenvalue weighted by molar-refractivity contribution is 7.10. The summed E-state index contributed by atoms with van der Waals surface area (Å²) in [6.45, 7) is 3.13. The number of carbonyl (C=O) groups excluding carboxylic acids is 1. The molecule has 0 fully saturated rings. The van der Waals surface area contributed by atoms with Crippen LogP contribution in [0.4, 0.5) is 0 Å². The molecule has 0 aliphatic heterocycles. The molecule has 98 valence electrons. The van der Waals surface area contributed by atoms with Gasteiger partial charge >= 0.3 is 0 Å². The Bertz CT molecular complexity index is 442. The predicted octanol–water partition coefficient (Wildman–Crippen LogP) is 2.21. The Kier molecular flexibility index (Phi) is 6.48. The zero-order valence-corrected chi connectivity index (χ0v) is 11.8. The fraction of sp³-hybridized carbons (Fsp3) is 0.500. The van der Waals surface area contributed by atoms with Crippen LogP contribution in [-0.2, 0) is 11.3 Å². The summed E-state index contributed by atoms with van der Waals surface area (Å²) < 4.78 is 0. The van der Waals surface area contributed by atoms with E-state index < -0.39 is 0 Å². The standard InChI is InChI=1S/C14H20N2OS/c1-3-4-7-14(17)16(2)10-13-9-12(11-18-13)6-5-8-15/h9,11H,3-4,7-8,10,15H2,1-2H3. The largest absolute Gasteiger partial charge is 0.341 e. The molecule has 0 unspecified atom stereocenters. The van der Waals surface area contributed by atoms with Gasteiger partial charge in [0.1, 0.15) is 0 Å². The Labute approximate surface area is 113 Å². The molecule has 0 saturated heterocycles. The van der Waals surface area contributed by atoms with E-state index in [0.717, 1.165) is 23.3 Å². The Morgan fingerprint density at radius 1 is 1.56 bits per heavy atom. The minimum Gasteiger partial charge on any atom is -0.341 e. The summed E-state index contributed by atoms with van der Waals surface area (Å²) >= 11 is 1.63. The zero-order valence-electron chi connectivity index (χ0n) is 11.0. The number of hydrogen-bond donors (Lipinski definition) is 1. The van der Waals surface area contributed by atoms with Crippen molar-refractivity contribution < 1.29 is 4.79 Å². The van der Waals surface area contributed by atoms with E-state index in [4.69, 9.17) is 5.73 Å². The number of unbranched alkanes of at least 4 members (excludes halogenated alkanes) is 1. The van der Waals surface area contributed by atoms with E-state index >= 15 is 0 Å². The van der Waals surface area contributed by atoms with Crippen LogP contribution in [0, 0.1) is 11.8 Å². The van der Waals surface area contributed by atoms with Gasteiger partial charge in [-0.05, 0) is 12.5 Å². The summed E-state index contributed by atoms with van der Waals surface area (Å²) in [4.78, 5) is 14.7. The van der Waals surface area contributed by atoms with Gasteiger partial charge in [-0.2, -0.15) is 0 Å². The van der Waals surface area contributed by atoms with Gasteiger partial charge in [-0.25, -0.2) is 0 Å². The monoisotopic (exact) mass is 264 g/mol. The van der Waals surface area contributed by atoms with Crippen molar-refractivity contribution in [2.45, 2.75) is 32.7 Å². The molecule has 0 spiro atoms. The topological polar surface area (TPSA) is 46.3 Å². The molecule has 0 saturated carbocycles. The highest BCUT2D eigenvalue weighted by Crippen LogP contribution is 2.16. The predicted molar refractivity (Wildman–Crippen MR) is 76.3 cm³/mol. The van der Waals surface area contributed by atoms with Gasteiger partial charge in [-0.3, -0.25) is 4.79 Å². The first-order valence-corrected chi connectivity index (χ1v) is 7.05. The van der Waals surface area contributed by atoms with Crippen molar-refractivity contribution in [2.24, 2.45) is 5.73 Å². The first kappa shape index (κ1) is 14.7. The molecule has 1 rings (SSSR count). The first-order valence-electron chi connectivity index (χ1n) is 6.17. The second-order valence-electron chi connectivity index (χ2n) is 4.16. The zero-order chi connectivity index (χ0) is 13.4. The molecule has 2 N–H and O–H groups in total. The van der Waals surface area contributed by atoms with Crippen molar-refractivity contribution in [1.29, 1.82) is 0 Å². The third kappa shape index (κ3) is 4.91. The van der Waals surface area contributed by atoms with Gasteiger partial charge < -0.3 is 10.6 Å². The summed E-state index contributed by atoms with van der Waals surface area (Å²) in [6.07, 6.45) is 2.65. The van der Waals surface area contributed by atoms with Gasteiger partial charge in [0, 0.05) is 29.3 Å². The number of nitrogens with two attached hydrogens (primary N) is 1. The van der Waals surface area contributed by atoms with Gasteiger partial charge in [-0.1, -0.05) is 25.2 Å². The maximum Gasteiger partial charge on any atom is 0.222 e. The van der Waals surface area contributed by atoms with Gasteiger partial charge in [0.2, 0.25) is 5.91 Å². The van der Waals surface area contributed by atoms with Crippen molar-refractivity contribution in [3.05, 3.63) is 21.9 Å². The van der Waals surface area contributed by atoms with Gasteiger partial charge in [0.05, 0.1) is 13.1 Å². The maximum atomic E-state index is 11.8. The first-order chi connectivity index (χ1) is 8.67. The maximum absolute atomic E-state index is 11.8. The van der Waals surface area contributed by atoms with E-state index in [1.165, 1.54) is 0 Å². The molecule has 0 atom stereocenters. The Morgan fingerprint density at radius 3 is 3.00 bits per heavy atom. The third-order valence-electron chi connectivity index (χ3n) is 2.55. The van der Waals surface area contributed by atoms with E-state index in [9.17, 15) is 4.79 Å². The van der Waals surface area contributed by atoms with E-state index in [1.54, 1.807) is 16.2 Å². The lowest BCUT2D eigenvalue weighted by molar-refractivity contribution is -0.130. The smallest absolute Gasteiger partial charge is 0.222 e. The van der Waals surface area contributed by atoms with Crippen LogP contribution in [0.1, 0.15) is 36.6 Å². The van der Waals surface area contributed by atoms with Crippen LogP contribution in [0.2, 0.25) is 0 Å². The molecule has 0 aromatic carbocycles. The van der Waals surface area contributed by atoms with E-state index in [0.29, 0.717) is 19.5 Å². The summed E-state index contributed by atoms with van der Waals surface area (Å²) in [5.74, 6) is 6.03. The summed E-state index contributed by atoms with van der Waals surface area (Å²) in [6, 6.07) is 2.02. The SMILES string of the molecule is CCCCC(=O)N(C)Cc1cc(C#CCN)cs1. The summed E-state index contributed by atoms with van der Waals surface area (Å²) in [5, 5.41) is 2.00. The van der Waals surface area contributed by atoms with Gasteiger partial charge in [0.15, 0.2) is 0 Å². The minimum atomic E-state index is 0.208. The van der Waals surface area contributed by atoms with Gasteiger partial charge in [-0.15, -0.1) is 11.3 Å². The lowest BCUT2D eigenvalue weighted by Crippen LogP contribution is -2.25. The number of amides is 1. The average Bonchev–Trinajstić information content (AvgIpc) is 2.80. The fourth-order valence-electron chi connectivity index (χ4n) is 1.52. The van der Waals surface area contributed by atoms with E-state index in [-0.39, 0.29) is 5.91 Å². The molecular weight excluding hydrogens is 244 g/mol. The Balaban J connectivity index is 2.51. The molecule has 3 nitrogen and oxygen atoms in total. The van der Waals surface area contributed by atoms with Crippen molar-refractivity contribution >= 4 is 17.2 Å². The molecule has 0 bridgehead atoms. The molecule has 1 amide bonds. The van der Waals surface area contributed by atoms with E-state index in [2.05, 4.69) is 18.8 Å². The molecule has 0 aliphatic carbocycles. The lowest BCUT2D eigenvalue weighted by Gasteiger charge is -2.15. The van der Waals surface area contributed by atoms with Crippen molar-refractivity contribution in [2.75, 3.05) is 13.6 Å². The molecule has 1 heterocycles. The molecule has 0 aliphatic rings. The number of hydrogen-bond acceptors (Lipinski definition) is 3. The third-order valence-corrected chi connectivity index (χ3v) is 3.47. The summed E-state index contributed by atoms with van der Waals surface area (Å²) in [7, 11) is 1.85. The average molecular weight is 264 g/mol. The molecule has 1 aromatic heterocycles. The van der Waals surface area contributed by atoms with Crippen LogP contribution in [0.5, 0.6) is 0 Å². The van der Waals surface area contributed by atoms with Crippen molar-refractivity contribution in [3.8, 4) is 11.8 Å². The highest BCUT2D eigenvalue weighted by Gasteiger charge is 2.09. The minimum absolute atomic E-state index is 0.208. The Morgan fingerprint density at radius 2 is 2.33 bits per heavy atom. The number of carbonyl (C=O) groups is 1. The van der Waals surface area contributed by atoms with Crippen LogP contribution in [0.15, 0.2) is 11.4 Å². The van der Waals surface area contributed by atoms with Crippen LogP contribution in [-0.4, -0.2) is 24.4 Å². The highest BCUT2D eigenvalue weighted by atomic mass is 32.1. The second-order valence-corrected chi connectivity index (χ2v) is 5.16. The van der Waals surface area contributed by atoms with Crippen LogP contribution in [0.25, 0.3) is 0 Å². The van der Waals surface area contributed by atoms with Crippen LogP contribution in [0.3, 0.4) is 0 Å². The quantitative estimate of drug-likeness (QED) is 0.829. The molecular formula is C14H20N2OS. The normalized spacial score (nSPS) is 9.72. The lowest BCUT2D eigenvalue weighted by atomic mass is 10.2. The number of thiophene rings is 1. The van der Waals surface area contributed by atoms with Crippen molar-refractivity contribution in [1.82, 2.24) is 4.90 Å². The second kappa shape index (κ2) is 7.91. The molecule has 0 radical (unpaired) electrons. The Hall–Kier alpha value is -1.31. The summed E-state index contributed by atoms with van der Waals surface area (Å²) in [5.41, 5.74) is 6.31. The van der Waals surface area contributed by atoms with Gasteiger partial charge in [0.25, 0.3) is 0 Å². The van der Waals surface area contributed by atoms with Crippen LogP contribution >= 0.6 is 11.3 Å². The fourth-order valence-corrected chi connectivity index (χ4v) is 2.39.